The van der Waals surface area contributed by atoms with E-state index >= 15 is 0 Å². The summed E-state index contributed by atoms with van der Waals surface area (Å²) in [5.41, 5.74) is 3.30. The first-order valence-electron chi connectivity index (χ1n) is 7.02. The molecule has 3 nitrogen and oxygen atoms in total. The van der Waals surface area contributed by atoms with Crippen molar-refractivity contribution in [3.63, 3.8) is 0 Å². The van der Waals surface area contributed by atoms with Gasteiger partial charge in [-0.05, 0) is 42.7 Å². The quantitative estimate of drug-likeness (QED) is 0.752. The molecule has 1 heterocycles. The topological polar surface area (TPSA) is 37.4 Å². The predicted molar refractivity (Wildman–Crippen MR) is 92.6 cm³/mol. The number of rotatable bonds is 2. The molecule has 116 valence electrons. The van der Waals surface area contributed by atoms with Gasteiger partial charge in [-0.1, -0.05) is 53.5 Å². The summed E-state index contributed by atoms with van der Waals surface area (Å²) < 4.78 is 0. The maximum Gasteiger partial charge on any atom is 0.277 e. The fourth-order valence-corrected chi connectivity index (χ4v) is 3.00. The van der Waals surface area contributed by atoms with Crippen LogP contribution in [-0.2, 0) is 9.59 Å². The van der Waals surface area contributed by atoms with Crippen molar-refractivity contribution < 1.29 is 9.59 Å². The van der Waals surface area contributed by atoms with Crippen LogP contribution < -0.4 is 4.90 Å². The second-order valence-corrected chi connectivity index (χ2v) is 6.17. The summed E-state index contributed by atoms with van der Waals surface area (Å²) in [6.07, 6.45) is 0. The molecule has 23 heavy (non-hydrogen) atoms. The maximum absolute atomic E-state index is 12.8. The Morgan fingerprint density at radius 1 is 0.870 bits per heavy atom. The van der Waals surface area contributed by atoms with Crippen molar-refractivity contribution in [2.45, 2.75) is 13.8 Å². The van der Waals surface area contributed by atoms with E-state index in [0.29, 0.717) is 16.3 Å². The molecule has 0 radical (unpaired) electrons. The summed E-state index contributed by atoms with van der Waals surface area (Å²) in [4.78, 5) is 26.3. The third kappa shape index (κ3) is 2.56. The Labute approximate surface area is 144 Å². The molecule has 2 aromatic rings. The highest BCUT2D eigenvalue weighted by molar-refractivity contribution is 6.60. The Balaban J connectivity index is 2.10. The van der Waals surface area contributed by atoms with E-state index in [4.69, 9.17) is 23.2 Å². The highest BCUT2D eigenvalue weighted by Crippen LogP contribution is 2.37. The van der Waals surface area contributed by atoms with Gasteiger partial charge in [0, 0.05) is 0 Å². The van der Waals surface area contributed by atoms with Gasteiger partial charge in [0.25, 0.3) is 11.8 Å². The third-order valence-electron chi connectivity index (χ3n) is 3.92. The normalized spacial score (nSPS) is 14.9. The van der Waals surface area contributed by atoms with Gasteiger partial charge in [0.1, 0.15) is 5.03 Å². The summed E-state index contributed by atoms with van der Waals surface area (Å²) in [5.74, 6) is -1.02. The van der Waals surface area contributed by atoms with Crippen LogP contribution in [0.25, 0.3) is 5.57 Å². The van der Waals surface area contributed by atoms with Gasteiger partial charge < -0.3 is 0 Å². The Morgan fingerprint density at radius 3 is 2.22 bits per heavy atom. The van der Waals surface area contributed by atoms with Crippen LogP contribution in [0.5, 0.6) is 0 Å². The number of benzene rings is 2. The monoisotopic (exact) mass is 345 g/mol. The van der Waals surface area contributed by atoms with Gasteiger partial charge in [0.2, 0.25) is 0 Å². The molecular weight excluding hydrogens is 333 g/mol. The number of imide groups is 1. The standard InChI is InChI=1S/C18H13Cl2NO2/c1-10-7-8-12(9-11(10)2)15-16(20)18(23)21(17(15)22)14-6-4-3-5-13(14)19/h3-9H,1-2H3. The smallest absolute Gasteiger partial charge is 0.268 e. The largest absolute Gasteiger partial charge is 0.277 e. The van der Waals surface area contributed by atoms with Crippen molar-refractivity contribution in [2.75, 3.05) is 4.90 Å². The fraction of sp³-hybridized carbons (Fsp3) is 0.111. The number of nitrogens with zero attached hydrogens (tertiary/aromatic N) is 1. The minimum Gasteiger partial charge on any atom is -0.268 e. The zero-order valence-corrected chi connectivity index (χ0v) is 14.1. The van der Waals surface area contributed by atoms with E-state index in [0.717, 1.165) is 16.0 Å². The molecule has 0 unspecified atom stereocenters. The first-order chi connectivity index (χ1) is 10.9. The molecule has 0 saturated carbocycles. The van der Waals surface area contributed by atoms with Gasteiger partial charge in [0.05, 0.1) is 16.3 Å². The molecule has 0 atom stereocenters. The van der Waals surface area contributed by atoms with E-state index in [1.165, 1.54) is 0 Å². The molecule has 1 aliphatic rings. The van der Waals surface area contributed by atoms with Crippen molar-refractivity contribution >= 4 is 46.3 Å². The lowest BCUT2D eigenvalue weighted by atomic mass is 10.0. The Hall–Kier alpha value is -2.10. The highest BCUT2D eigenvalue weighted by atomic mass is 35.5. The van der Waals surface area contributed by atoms with E-state index < -0.39 is 11.8 Å². The Bertz CT molecular complexity index is 871. The van der Waals surface area contributed by atoms with E-state index in [1.54, 1.807) is 30.3 Å². The van der Waals surface area contributed by atoms with E-state index in [9.17, 15) is 9.59 Å². The average molecular weight is 346 g/mol. The summed E-state index contributed by atoms with van der Waals surface area (Å²) in [5, 5.41) is 0.234. The fourth-order valence-electron chi connectivity index (χ4n) is 2.50. The van der Waals surface area contributed by atoms with Crippen LogP contribution >= 0.6 is 23.2 Å². The van der Waals surface area contributed by atoms with Crippen LogP contribution in [0.4, 0.5) is 5.69 Å². The Morgan fingerprint density at radius 2 is 1.57 bits per heavy atom. The average Bonchev–Trinajstić information content (AvgIpc) is 2.73. The van der Waals surface area contributed by atoms with Gasteiger partial charge in [-0.2, -0.15) is 0 Å². The lowest BCUT2D eigenvalue weighted by Gasteiger charge is -2.16. The minimum absolute atomic E-state index is 0.0850. The molecule has 2 aromatic carbocycles. The van der Waals surface area contributed by atoms with Gasteiger partial charge in [-0.25, -0.2) is 4.90 Å². The second kappa shape index (κ2) is 5.84. The molecule has 0 bridgehead atoms. The number of carbonyl (C=O) groups excluding carboxylic acids is 2. The van der Waals surface area contributed by atoms with E-state index in [-0.39, 0.29) is 10.6 Å². The van der Waals surface area contributed by atoms with Crippen molar-refractivity contribution in [2.24, 2.45) is 0 Å². The van der Waals surface area contributed by atoms with Gasteiger partial charge in [0.15, 0.2) is 0 Å². The third-order valence-corrected chi connectivity index (χ3v) is 4.59. The predicted octanol–water partition coefficient (Wildman–Crippen LogP) is 4.48. The number of hydrogen-bond acceptors (Lipinski definition) is 2. The molecule has 0 N–H and O–H groups in total. The summed E-state index contributed by atoms with van der Waals surface area (Å²) in [6.45, 7) is 3.92. The van der Waals surface area contributed by atoms with E-state index in [2.05, 4.69) is 0 Å². The number of amides is 2. The number of anilines is 1. The van der Waals surface area contributed by atoms with Crippen LogP contribution in [0, 0.1) is 13.8 Å². The zero-order chi connectivity index (χ0) is 16.7. The number of carbonyl (C=O) groups is 2. The van der Waals surface area contributed by atoms with E-state index in [1.807, 2.05) is 26.0 Å². The molecule has 0 aliphatic carbocycles. The first kappa shape index (κ1) is 15.8. The first-order valence-corrected chi connectivity index (χ1v) is 7.78. The highest BCUT2D eigenvalue weighted by Gasteiger charge is 2.40. The van der Waals surface area contributed by atoms with Crippen LogP contribution in [0.2, 0.25) is 5.02 Å². The molecule has 2 amide bonds. The van der Waals surface area contributed by atoms with Crippen LogP contribution in [0.3, 0.4) is 0 Å². The number of halogens is 2. The lowest BCUT2D eigenvalue weighted by Crippen LogP contribution is -2.31. The molecule has 0 saturated heterocycles. The number of aryl methyl sites for hydroxylation is 2. The maximum atomic E-state index is 12.8. The van der Waals surface area contributed by atoms with Gasteiger partial charge in [-0.3, -0.25) is 9.59 Å². The molecule has 5 heteroatoms. The molecule has 0 aromatic heterocycles. The molecular formula is C18H13Cl2NO2. The van der Waals surface area contributed by atoms with Crippen LogP contribution in [0.1, 0.15) is 16.7 Å². The SMILES string of the molecule is Cc1ccc(C2=C(Cl)C(=O)N(c3ccccc3Cl)C2=O)cc1C. The summed E-state index contributed by atoms with van der Waals surface area (Å²) in [7, 11) is 0. The minimum atomic E-state index is -0.557. The number of hydrogen-bond donors (Lipinski definition) is 0. The van der Waals surface area contributed by atoms with Crippen molar-refractivity contribution in [3.8, 4) is 0 Å². The summed E-state index contributed by atoms with van der Waals surface area (Å²) in [6, 6.07) is 12.2. The van der Waals surface area contributed by atoms with Gasteiger partial charge in [-0.15, -0.1) is 0 Å². The molecule has 0 fully saturated rings. The van der Waals surface area contributed by atoms with Crippen molar-refractivity contribution in [3.05, 3.63) is 69.2 Å². The molecule has 1 aliphatic heterocycles. The number of para-hydroxylation sites is 1. The lowest BCUT2D eigenvalue weighted by molar-refractivity contribution is -0.119. The summed E-state index contributed by atoms with van der Waals surface area (Å²) >= 11 is 12.3. The molecule has 0 spiro atoms. The van der Waals surface area contributed by atoms with Crippen molar-refractivity contribution in [1.29, 1.82) is 0 Å². The Kier molecular flexibility index (Phi) is 4.00. The van der Waals surface area contributed by atoms with Crippen LogP contribution in [-0.4, -0.2) is 11.8 Å². The molecule has 3 rings (SSSR count). The van der Waals surface area contributed by atoms with Crippen LogP contribution in [0.15, 0.2) is 47.5 Å². The second-order valence-electron chi connectivity index (χ2n) is 5.39. The van der Waals surface area contributed by atoms with Gasteiger partial charge >= 0.3 is 0 Å². The van der Waals surface area contributed by atoms with Crippen molar-refractivity contribution in [1.82, 2.24) is 0 Å². The zero-order valence-electron chi connectivity index (χ0n) is 12.6.